The standard InChI is InChI=1S/C12H22O3SSe/c1-4-5-6-16-11(17)10(13)7-9-8-14-12(2,3)15-9/h9-10,13H,4-8H2,1-3H3/t9-,10-/m1/s1. The van der Waals surface area contributed by atoms with Crippen LogP contribution in [0.5, 0.6) is 0 Å². The Morgan fingerprint density at radius 3 is 2.82 bits per heavy atom. The molecule has 1 aliphatic heterocycles. The second-order valence-electron chi connectivity index (χ2n) is 4.72. The Kier molecular flexibility index (Phi) is 6.70. The Morgan fingerprint density at radius 2 is 2.29 bits per heavy atom. The number of unbranched alkanes of at least 4 members (excludes halogenated alkanes) is 1. The van der Waals surface area contributed by atoms with Crippen LogP contribution in [0.15, 0.2) is 0 Å². The van der Waals surface area contributed by atoms with E-state index in [1.807, 2.05) is 13.8 Å². The van der Waals surface area contributed by atoms with Gasteiger partial charge in [0.15, 0.2) is 0 Å². The van der Waals surface area contributed by atoms with Crippen LogP contribution in [0.3, 0.4) is 0 Å². The molecule has 17 heavy (non-hydrogen) atoms. The van der Waals surface area contributed by atoms with Crippen LogP contribution < -0.4 is 0 Å². The molecule has 3 nitrogen and oxygen atoms in total. The van der Waals surface area contributed by atoms with Crippen molar-refractivity contribution in [3.63, 3.8) is 0 Å². The average Bonchev–Trinajstić information content (AvgIpc) is 2.58. The van der Waals surface area contributed by atoms with Gasteiger partial charge in [-0.15, -0.1) is 0 Å². The average molecular weight is 325 g/mol. The van der Waals surface area contributed by atoms with Crippen molar-refractivity contribution >= 4 is 31.1 Å². The molecule has 1 N–H and O–H groups in total. The van der Waals surface area contributed by atoms with Crippen LogP contribution in [0.4, 0.5) is 0 Å². The van der Waals surface area contributed by atoms with Gasteiger partial charge in [0.1, 0.15) is 0 Å². The number of aliphatic hydroxyl groups is 1. The number of ether oxygens (including phenoxy) is 2. The van der Waals surface area contributed by atoms with Crippen molar-refractivity contribution < 1.29 is 14.6 Å². The van der Waals surface area contributed by atoms with E-state index in [1.54, 1.807) is 11.8 Å². The molecule has 1 saturated heterocycles. The summed E-state index contributed by atoms with van der Waals surface area (Å²) in [5, 5.41) is 10.0. The van der Waals surface area contributed by atoms with E-state index in [2.05, 4.69) is 22.5 Å². The molecule has 0 aliphatic carbocycles. The number of hydrogen-bond acceptors (Lipinski definition) is 4. The van der Waals surface area contributed by atoms with Gasteiger partial charge in [-0.05, 0) is 0 Å². The molecule has 5 heteroatoms. The third-order valence-corrected chi connectivity index (χ3v) is 4.93. The Hall–Kier alpha value is 0.619. The zero-order valence-corrected chi connectivity index (χ0v) is 13.3. The van der Waals surface area contributed by atoms with Gasteiger partial charge in [0.25, 0.3) is 0 Å². The normalized spacial score (nSPS) is 24.8. The molecule has 0 aromatic rings. The van der Waals surface area contributed by atoms with Gasteiger partial charge in [-0.2, -0.15) is 0 Å². The van der Waals surface area contributed by atoms with Crippen LogP contribution in [0.25, 0.3) is 0 Å². The number of aliphatic hydroxyl groups excluding tert-OH is 1. The van der Waals surface area contributed by atoms with Crippen LogP contribution in [-0.2, 0) is 9.47 Å². The molecular weight excluding hydrogens is 303 g/mol. The van der Waals surface area contributed by atoms with Gasteiger partial charge in [-0.3, -0.25) is 0 Å². The fourth-order valence-electron chi connectivity index (χ4n) is 1.64. The molecule has 1 heterocycles. The van der Waals surface area contributed by atoms with E-state index in [1.165, 1.54) is 12.8 Å². The first kappa shape index (κ1) is 15.7. The quantitative estimate of drug-likeness (QED) is 0.571. The van der Waals surface area contributed by atoms with Crippen LogP contribution in [0.1, 0.15) is 40.0 Å². The summed E-state index contributed by atoms with van der Waals surface area (Å²) in [5.74, 6) is 0.556. The molecule has 0 aromatic carbocycles. The van der Waals surface area contributed by atoms with Crippen LogP contribution in [0.2, 0.25) is 0 Å². The van der Waals surface area contributed by atoms with E-state index in [9.17, 15) is 5.11 Å². The molecule has 1 rings (SSSR count). The Morgan fingerprint density at radius 1 is 1.59 bits per heavy atom. The van der Waals surface area contributed by atoms with E-state index < -0.39 is 11.9 Å². The van der Waals surface area contributed by atoms with Gasteiger partial charge in [-0.1, -0.05) is 0 Å². The predicted octanol–water partition coefficient (Wildman–Crippen LogP) is 1.72. The minimum absolute atomic E-state index is 0.00451. The summed E-state index contributed by atoms with van der Waals surface area (Å²) < 4.78 is 12.1. The second-order valence-corrected chi connectivity index (χ2v) is 7.37. The Balaban J connectivity index is 2.24. The van der Waals surface area contributed by atoms with Crippen molar-refractivity contribution in [2.75, 3.05) is 12.4 Å². The molecule has 0 amide bonds. The van der Waals surface area contributed by atoms with E-state index >= 15 is 0 Å². The fourth-order valence-corrected chi connectivity index (χ4v) is 3.29. The SMILES string of the molecule is CCCCSC(=[Se])[C@H](O)C[C@@H]1COC(C)(C)O1. The molecule has 0 radical (unpaired) electrons. The number of hydrogen-bond donors (Lipinski definition) is 1. The predicted molar refractivity (Wildman–Crippen MR) is 73.7 cm³/mol. The van der Waals surface area contributed by atoms with Crippen molar-refractivity contribution in [1.29, 1.82) is 0 Å². The molecule has 0 saturated carbocycles. The van der Waals surface area contributed by atoms with Crippen LogP contribution in [0, 0.1) is 0 Å². The summed E-state index contributed by atoms with van der Waals surface area (Å²) in [6.07, 6.45) is 2.52. The number of thioether (sulfide) groups is 1. The first-order chi connectivity index (χ1) is 7.94. The second kappa shape index (κ2) is 7.27. The van der Waals surface area contributed by atoms with Gasteiger partial charge in [0.05, 0.1) is 0 Å². The molecule has 1 aliphatic rings. The van der Waals surface area contributed by atoms with E-state index in [-0.39, 0.29) is 6.10 Å². The monoisotopic (exact) mass is 326 g/mol. The zero-order chi connectivity index (χ0) is 12.9. The maximum atomic E-state index is 10.0. The zero-order valence-electron chi connectivity index (χ0n) is 10.8. The van der Waals surface area contributed by atoms with Gasteiger partial charge in [-0.25, -0.2) is 0 Å². The Bertz CT molecular complexity index is 258. The molecule has 0 unspecified atom stereocenters. The van der Waals surface area contributed by atoms with E-state index in [4.69, 9.17) is 9.47 Å². The first-order valence-corrected chi connectivity index (χ1v) is 7.95. The molecular formula is C12H22O3SSe. The molecule has 0 aromatic heterocycles. The summed E-state index contributed by atoms with van der Waals surface area (Å²) in [6, 6.07) is 0. The maximum absolute atomic E-state index is 10.0. The summed E-state index contributed by atoms with van der Waals surface area (Å²) >= 11 is 4.67. The third-order valence-electron chi connectivity index (χ3n) is 2.57. The fraction of sp³-hybridized carbons (Fsp3) is 0.917. The topological polar surface area (TPSA) is 38.7 Å². The summed E-state index contributed by atoms with van der Waals surface area (Å²) in [4.78, 5) is 0. The van der Waals surface area contributed by atoms with Crippen LogP contribution >= 0.6 is 11.8 Å². The summed E-state index contributed by atoms with van der Waals surface area (Å²) in [7, 11) is 0. The first-order valence-electron chi connectivity index (χ1n) is 6.11. The Labute approximate surface area is 116 Å². The van der Waals surface area contributed by atoms with E-state index in [0.717, 1.165) is 9.50 Å². The van der Waals surface area contributed by atoms with Gasteiger partial charge < -0.3 is 0 Å². The summed E-state index contributed by atoms with van der Waals surface area (Å²) in [5.41, 5.74) is 0. The number of rotatable bonds is 7. The molecule has 1 fully saturated rings. The van der Waals surface area contributed by atoms with Gasteiger partial charge in [0.2, 0.25) is 0 Å². The van der Waals surface area contributed by atoms with Crippen molar-refractivity contribution in [1.82, 2.24) is 0 Å². The minimum atomic E-state index is -0.503. The molecule has 2 atom stereocenters. The van der Waals surface area contributed by atoms with Crippen molar-refractivity contribution in [2.45, 2.75) is 58.0 Å². The molecule has 0 spiro atoms. The van der Waals surface area contributed by atoms with Crippen molar-refractivity contribution in [3.8, 4) is 0 Å². The van der Waals surface area contributed by atoms with Crippen LogP contribution in [-0.4, -0.2) is 54.8 Å². The van der Waals surface area contributed by atoms with E-state index in [0.29, 0.717) is 13.0 Å². The molecule has 0 bridgehead atoms. The van der Waals surface area contributed by atoms with Gasteiger partial charge >= 0.3 is 116 Å². The van der Waals surface area contributed by atoms with Gasteiger partial charge in [0, 0.05) is 0 Å². The molecule has 100 valence electrons. The van der Waals surface area contributed by atoms with Crippen molar-refractivity contribution in [3.05, 3.63) is 0 Å². The summed E-state index contributed by atoms with van der Waals surface area (Å²) in [6.45, 7) is 6.54. The third kappa shape index (κ3) is 5.86. The van der Waals surface area contributed by atoms with Crippen molar-refractivity contribution in [2.24, 2.45) is 0 Å².